The van der Waals surface area contributed by atoms with E-state index in [1.54, 1.807) is 11.3 Å². The Bertz CT molecular complexity index is 411. The monoisotopic (exact) mass is 270 g/mol. The smallest absolute Gasteiger partial charge is 0.303 e. The lowest BCUT2D eigenvalue weighted by Gasteiger charge is -2.35. The van der Waals surface area contributed by atoms with Gasteiger partial charge in [-0.05, 0) is 13.8 Å². The van der Waals surface area contributed by atoms with E-state index in [0.29, 0.717) is 6.42 Å². The van der Waals surface area contributed by atoms with Crippen molar-refractivity contribution in [3.8, 4) is 0 Å². The molecule has 1 aromatic rings. The lowest BCUT2D eigenvalue weighted by Crippen LogP contribution is -2.45. The molecule has 1 aliphatic rings. The Morgan fingerprint density at radius 3 is 2.83 bits per heavy atom. The summed E-state index contributed by atoms with van der Waals surface area (Å²) in [4.78, 5) is 17.2. The van der Waals surface area contributed by atoms with E-state index in [1.165, 1.54) is 0 Å². The van der Waals surface area contributed by atoms with Crippen LogP contribution >= 0.6 is 11.3 Å². The van der Waals surface area contributed by atoms with Crippen LogP contribution in [0.2, 0.25) is 0 Å². The highest BCUT2D eigenvalue weighted by Crippen LogP contribution is 2.24. The second-order valence-electron chi connectivity index (χ2n) is 4.68. The van der Waals surface area contributed by atoms with Crippen LogP contribution in [0.3, 0.4) is 0 Å². The average Bonchev–Trinajstić information content (AvgIpc) is 2.73. The minimum atomic E-state index is -0.779. The lowest BCUT2D eigenvalue weighted by atomic mass is 10.2. The molecule has 2 atom stereocenters. The van der Waals surface area contributed by atoms with Crippen molar-refractivity contribution in [1.29, 1.82) is 0 Å². The van der Waals surface area contributed by atoms with Gasteiger partial charge in [-0.2, -0.15) is 0 Å². The highest BCUT2D eigenvalue weighted by atomic mass is 32.1. The Labute approximate surface area is 110 Å². The van der Waals surface area contributed by atoms with Crippen LogP contribution in [0, 0.1) is 0 Å². The molecular formula is C12H18N2O3S. The van der Waals surface area contributed by atoms with Crippen molar-refractivity contribution < 1.29 is 14.6 Å². The first kappa shape index (κ1) is 13.3. The van der Waals surface area contributed by atoms with Crippen LogP contribution in [0.15, 0.2) is 5.38 Å². The number of aliphatic carboxylic acids is 1. The van der Waals surface area contributed by atoms with Crippen LogP contribution < -0.4 is 4.90 Å². The molecule has 0 aromatic carbocycles. The number of nitrogens with zero attached hydrogens (tertiary/aromatic N) is 2. The number of hydrogen-bond donors (Lipinski definition) is 1. The van der Waals surface area contributed by atoms with Crippen molar-refractivity contribution in [1.82, 2.24) is 4.98 Å². The molecule has 5 nitrogen and oxygen atoms in total. The molecule has 0 radical (unpaired) electrons. The fraction of sp³-hybridized carbons (Fsp3) is 0.667. The van der Waals surface area contributed by atoms with Crippen molar-refractivity contribution >= 4 is 22.4 Å². The molecule has 6 heteroatoms. The number of morpholine rings is 1. The number of hydrogen-bond acceptors (Lipinski definition) is 5. The Morgan fingerprint density at radius 2 is 2.22 bits per heavy atom. The maximum absolute atomic E-state index is 10.5. The molecule has 2 heterocycles. The minimum absolute atomic E-state index is 0.138. The molecular weight excluding hydrogens is 252 g/mol. The van der Waals surface area contributed by atoms with E-state index in [-0.39, 0.29) is 18.6 Å². The van der Waals surface area contributed by atoms with Gasteiger partial charge in [0.15, 0.2) is 5.13 Å². The lowest BCUT2D eigenvalue weighted by molar-refractivity contribution is -0.136. The summed E-state index contributed by atoms with van der Waals surface area (Å²) in [7, 11) is 0. The molecule has 0 spiro atoms. The van der Waals surface area contributed by atoms with Crippen LogP contribution in [0.5, 0.6) is 0 Å². The number of carboxylic acid groups (broad SMARTS) is 1. The van der Waals surface area contributed by atoms with Gasteiger partial charge in [0.05, 0.1) is 24.3 Å². The molecule has 0 bridgehead atoms. The van der Waals surface area contributed by atoms with Gasteiger partial charge in [-0.15, -0.1) is 11.3 Å². The summed E-state index contributed by atoms with van der Waals surface area (Å²) in [5.74, 6) is -0.779. The normalized spacial score (nSPS) is 24.2. The second kappa shape index (κ2) is 5.67. The van der Waals surface area contributed by atoms with E-state index in [1.807, 2.05) is 5.38 Å². The van der Waals surface area contributed by atoms with Gasteiger partial charge >= 0.3 is 5.97 Å². The van der Waals surface area contributed by atoms with E-state index in [0.717, 1.165) is 23.9 Å². The van der Waals surface area contributed by atoms with E-state index in [4.69, 9.17) is 9.84 Å². The van der Waals surface area contributed by atoms with Gasteiger partial charge in [0.1, 0.15) is 0 Å². The number of ether oxygens (including phenoxy) is 1. The van der Waals surface area contributed by atoms with Crippen LogP contribution in [0.1, 0.15) is 26.0 Å². The number of carbonyl (C=O) groups is 1. The fourth-order valence-corrected chi connectivity index (χ4v) is 3.01. The van der Waals surface area contributed by atoms with E-state index in [2.05, 4.69) is 23.7 Å². The molecule has 1 aliphatic heterocycles. The van der Waals surface area contributed by atoms with Crippen LogP contribution in [-0.4, -0.2) is 41.4 Å². The van der Waals surface area contributed by atoms with Gasteiger partial charge in [-0.1, -0.05) is 0 Å². The SMILES string of the molecule is CC1CN(c2nc(CCC(=O)O)cs2)CC(C)O1. The number of thiazole rings is 1. The predicted molar refractivity (Wildman–Crippen MR) is 70.3 cm³/mol. The van der Waals surface area contributed by atoms with Crippen molar-refractivity contribution in [2.45, 2.75) is 38.9 Å². The standard InChI is InChI=1S/C12H18N2O3S/c1-8-5-14(6-9(2)17-8)12-13-10(7-18-12)3-4-11(15)16/h7-9H,3-6H2,1-2H3,(H,15,16). The van der Waals surface area contributed by atoms with Crippen molar-refractivity contribution in [2.24, 2.45) is 0 Å². The maximum atomic E-state index is 10.5. The zero-order chi connectivity index (χ0) is 13.1. The molecule has 18 heavy (non-hydrogen) atoms. The highest BCUT2D eigenvalue weighted by Gasteiger charge is 2.24. The van der Waals surface area contributed by atoms with Gasteiger partial charge in [0, 0.05) is 24.9 Å². The first-order valence-electron chi connectivity index (χ1n) is 6.11. The third-order valence-electron chi connectivity index (χ3n) is 2.82. The molecule has 2 rings (SSSR count). The summed E-state index contributed by atoms with van der Waals surface area (Å²) in [6.45, 7) is 5.80. The summed E-state index contributed by atoms with van der Waals surface area (Å²) in [5, 5.41) is 11.6. The van der Waals surface area contributed by atoms with Gasteiger partial charge in [0.2, 0.25) is 0 Å². The Morgan fingerprint density at radius 1 is 1.56 bits per heavy atom. The van der Waals surface area contributed by atoms with Gasteiger partial charge < -0.3 is 14.7 Å². The Balaban J connectivity index is 1.98. The molecule has 0 aliphatic carbocycles. The second-order valence-corrected chi connectivity index (χ2v) is 5.51. The molecule has 2 unspecified atom stereocenters. The molecule has 100 valence electrons. The topological polar surface area (TPSA) is 62.7 Å². The summed E-state index contributed by atoms with van der Waals surface area (Å²) in [6.07, 6.45) is 1.06. The zero-order valence-electron chi connectivity index (χ0n) is 10.6. The van der Waals surface area contributed by atoms with Gasteiger partial charge in [-0.3, -0.25) is 4.79 Å². The maximum Gasteiger partial charge on any atom is 0.303 e. The summed E-state index contributed by atoms with van der Waals surface area (Å²) >= 11 is 1.58. The molecule has 0 saturated carbocycles. The average molecular weight is 270 g/mol. The van der Waals surface area contributed by atoms with Crippen molar-refractivity contribution in [2.75, 3.05) is 18.0 Å². The number of rotatable bonds is 4. The van der Waals surface area contributed by atoms with Crippen LogP contribution in [-0.2, 0) is 16.0 Å². The van der Waals surface area contributed by atoms with E-state index < -0.39 is 5.97 Å². The highest BCUT2D eigenvalue weighted by molar-refractivity contribution is 7.13. The minimum Gasteiger partial charge on any atom is -0.481 e. The third kappa shape index (κ3) is 3.43. The van der Waals surface area contributed by atoms with E-state index in [9.17, 15) is 4.79 Å². The molecule has 1 aromatic heterocycles. The number of carboxylic acids is 1. The molecule has 1 saturated heterocycles. The van der Waals surface area contributed by atoms with Crippen LogP contribution in [0.25, 0.3) is 0 Å². The fourth-order valence-electron chi connectivity index (χ4n) is 2.13. The van der Waals surface area contributed by atoms with Crippen LogP contribution in [0.4, 0.5) is 5.13 Å². The first-order chi connectivity index (χ1) is 8.54. The first-order valence-corrected chi connectivity index (χ1v) is 6.99. The summed E-state index contributed by atoms with van der Waals surface area (Å²) < 4.78 is 5.68. The van der Waals surface area contributed by atoms with Crippen molar-refractivity contribution in [3.05, 3.63) is 11.1 Å². The van der Waals surface area contributed by atoms with Gasteiger partial charge in [-0.25, -0.2) is 4.98 Å². The zero-order valence-corrected chi connectivity index (χ0v) is 11.4. The summed E-state index contributed by atoms with van der Waals surface area (Å²) in [5.41, 5.74) is 0.865. The van der Waals surface area contributed by atoms with Gasteiger partial charge in [0.25, 0.3) is 0 Å². The quantitative estimate of drug-likeness (QED) is 0.903. The molecule has 0 amide bonds. The Hall–Kier alpha value is -1.14. The van der Waals surface area contributed by atoms with Crippen molar-refractivity contribution in [3.63, 3.8) is 0 Å². The number of anilines is 1. The predicted octanol–water partition coefficient (Wildman–Crippen LogP) is 1.77. The largest absolute Gasteiger partial charge is 0.481 e. The molecule has 1 fully saturated rings. The van der Waals surface area contributed by atoms with E-state index >= 15 is 0 Å². The summed E-state index contributed by atoms with van der Waals surface area (Å²) in [6, 6.07) is 0. The number of aromatic nitrogens is 1. The third-order valence-corrected chi connectivity index (χ3v) is 3.77. The molecule has 1 N–H and O–H groups in total. The Kier molecular flexibility index (Phi) is 4.19. The number of aryl methyl sites for hydroxylation is 1.